The molecule has 0 aliphatic heterocycles. The molecule has 26 heavy (non-hydrogen) atoms. The Morgan fingerprint density at radius 1 is 0.885 bits per heavy atom. The lowest BCUT2D eigenvalue weighted by Crippen LogP contribution is -2.15. The first-order valence-electron chi connectivity index (χ1n) is 8.28. The molecular weight excluding hydrogens is 348 g/mol. The van der Waals surface area contributed by atoms with Gasteiger partial charge in [-0.05, 0) is 12.8 Å². The highest BCUT2D eigenvalue weighted by atomic mass is 16.5. The van der Waals surface area contributed by atoms with Crippen molar-refractivity contribution in [3.63, 3.8) is 0 Å². The number of carboxylic acids is 2. The largest absolute Gasteiger partial charge is 0.481 e. The van der Waals surface area contributed by atoms with Crippen molar-refractivity contribution in [2.45, 2.75) is 57.5 Å². The van der Waals surface area contributed by atoms with Crippen LogP contribution >= 0.6 is 0 Å². The normalized spacial score (nSPS) is 9.27. The zero-order chi connectivity index (χ0) is 20.8. The van der Waals surface area contributed by atoms with E-state index in [1.54, 1.807) is 0 Å². The first-order chi connectivity index (χ1) is 12.2. The SMILES string of the molecule is C=CC(=O)OC.O=C(O)CCCCCCCCC(=O)O.OCC(O)CO. The summed E-state index contributed by atoms with van der Waals surface area (Å²) in [4.78, 5) is 30.1. The number of carbonyl (C=O) groups is 3. The fraction of sp³-hybridized carbons (Fsp3) is 0.706. The van der Waals surface area contributed by atoms with Crippen LogP contribution in [0.5, 0.6) is 0 Å². The summed E-state index contributed by atoms with van der Waals surface area (Å²) in [5, 5.41) is 40.7. The number of rotatable bonds is 12. The first-order valence-corrected chi connectivity index (χ1v) is 8.28. The van der Waals surface area contributed by atoms with Gasteiger partial charge in [0.25, 0.3) is 0 Å². The topological polar surface area (TPSA) is 162 Å². The van der Waals surface area contributed by atoms with Crippen LogP contribution in [0.4, 0.5) is 0 Å². The number of esters is 1. The number of methoxy groups -OCH3 is 1. The lowest BCUT2D eigenvalue weighted by Gasteiger charge is -1.98. The van der Waals surface area contributed by atoms with Crippen LogP contribution in [0, 0.1) is 0 Å². The lowest BCUT2D eigenvalue weighted by atomic mass is 10.1. The minimum Gasteiger partial charge on any atom is -0.481 e. The summed E-state index contributed by atoms with van der Waals surface area (Å²) >= 11 is 0. The second-order valence-corrected chi connectivity index (χ2v) is 5.16. The minimum atomic E-state index is -0.954. The van der Waals surface area contributed by atoms with Gasteiger partial charge in [-0.3, -0.25) is 9.59 Å². The smallest absolute Gasteiger partial charge is 0.329 e. The van der Waals surface area contributed by atoms with Crippen LogP contribution in [-0.4, -0.2) is 69.9 Å². The van der Waals surface area contributed by atoms with E-state index in [2.05, 4.69) is 11.3 Å². The third-order valence-electron chi connectivity index (χ3n) is 2.82. The second-order valence-electron chi connectivity index (χ2n) is 5.16. The van der Waals surface area contributed by atoms with Crippen LogP contribution in [0.15, 0.2) is 12.7 Å². The average Bonchev–Trinajstić information content (AvgIpc) is 2.62. The Morgan fingerprint density at radius 2 is 1.23 bits per heavy atom. The van der Waals surface area contributed by atoms with E-state index in [1.807, 2.05) is 0 Å². The van der Waals surface area contributed by atoms with Crippen molar-refractivity contribution in [1.29, 1.82) is 0 Å². The van der Waals surface area contributed by atoms with Crippen molar-refractivity contribution in [3.05, 3.63) is 12.7 Å². The van der Waals surface area contributed by atoms with Crippen LogP contribution in [0.1, 0.15) is 51.4 Å². The quantitative estimate of drug-likeness (QED) is 0.188. The Bertz CT molecular complexity index is 345. The molecule has 0 unspecified atom stereocenters. The van der Waals surface area contributed by atoms with E-state index in [1.165, 1.54) is 7.11 Å². The predicted molar refractivity (Wildman–Crippen MR) is 94.6 cm³/mol. The van der Waals surface area contributed by atoms with E-state index in [9.17, 15) is 14.4 Å². The third-order valence-corrected chi connectivity index (χ3v) is 2.82. The molecule has 0 aromatic rings. The van der Waals surface area contributed by atoms with Crippen LogP contribution in [0.2, 0.25) is 0 Å². The van der Waals surface area contributed by atoms with Crippen molar-refractivity contribution in [3.8, 4) is 0 Å². The fourth-order valence-corrected chi connectivity index (χ4v) is 1.40. The maximum atomic E-state index is 10.1. The summed E-state index contributed by atoms with van der Waals surface area (Å²) in [5.41, 5.74) is 0. The van der Waals surface area contributed by atoms with Crippen LogP contribution in [0.25, 0.3) is 0 Å². The highest BCUT2D eigenvalue weighted by Gasteiger charge is 1.98. The van der Waals surface area contributed by atoms with Gasteiger partial charge in [0, 0.05) is 18.9 Å². The van der Waals surface area contributed by atoms with Crippen molar-refractivity contribution in [2.75, 3.05) is 20.3 Å². The number of carbonyl (C=O) groups excluding carboxylic acids is 1. The molecule has 0 bridgehead atoms. The number of aliphatic hydroxyl groups excluding tert-OH is 3. The molecule has 0 saturated heterocycles. The Hall–Kier alpha value is -1.97. The minimum absolute atomic E-state index is 0.245. The molecule has 0 atom stereocenters. The number of hydrogen-bond acceptors (Lipinski definition) is 7. The summed E-state index contributed by atoms with van der Waals surface area (Å²) in [7, 11) is 1.31. The molecule has 0 spiro atoms. The van der Waals surface area contributed by atoms with E-state index in [4.69, 9.17) is 25.5 Å². The summed E-state index contributed by atoms with van der Waals surface area (Å²) in [5.74, 6) is -1.87. The molecular formula is C17H32O9. The molecule has 0 aromatic carbocycles. The maximum Gasteiger partial charge on any atom is 0.329 e. The van der Waals surface area contributed by atoms with Crippen molar-refractivity contribution in [2.24, 2.45) is 0 Å². The molecule has 0 radical (unpaired) electrons. The van der Waals surface area contributed by atoms with Gasteiger partial charge in [-0.1, -0.05) is 32.3 Å². The molecule has 0 heterocycles. The van der Waals surface area contributed by atoms with Crippen LogP contribution in [-0.2, 0) is 19.1 Å². The molecule has 0 amide bonds. The van der Waals surface area contributed by atoms with E-state index in [-0.39, 0.29) is 26.1 Å². The lowest BCUT2D eigenvalue weighted by molar-refractivity contribution is -0.138. The van der Waals surface area contributed by atoms with Gasteiger partial charge in [-0.25, -0.2) is 4.79 Å². The Balaban J connectivity index is -0.000000364. The molecule has 0 aliphatic rings. The average molecular weight is 380 g/mol. The summed E-state index contributed by atoms with van der Waals surface area (Å²) < 4.78 is 4.14. The molecule has 0 saturated carbocycles. The predicted octanol–water partition coefficient (Wildman–Crippen LogP) is 0.954. The summed E-state index contributed by atoms with van der Waals surface area (Å²) in [6.07, 6.45) is 5.98. The molecule has 0 fully saturated rings. The van der Waals surface area contributed by atoms with E-state index >= 15 is 0 Å². The Labute approximate surface area is 153 Å². The number of hydrogen-bond donors (Lipinski definition) is 5. The van der Waals surface area contributed by atoms with Crippen molar-refractivity contribution >= 4 is 17.9 Å². The number of ether oxygens (including phenoxy) is 1. The molecule has 9 nitrogen and oxygen atoms in total. The van der Waals surface area contributed by atoms with Gasteiger partial charge in [-0.15, -0.1) is 0 Å². The van der Waals surface area contributed by atoms with Gasteiger partial charge in [-0.2, -0.15) is 0 Å². The second kappa shape index (κ2) is 23.0. The number of aliphatic hydroxyl groups is 3. The van der Waals surface area contributed by atoms with Gasteiger partial charge in [0.1, 0.15) is 6.10 Å². The molecule has 0 aliphatic carbocycles. The summed E-state index contributed by atoms with van der Waals surface area (Å²) in [6, 6.07) is 0. The Morgan fingerprint density at radius 3 is 1.38 bits per heavy atom. The van der Waals surface area contributed by atoms with Gasteiger partial charge in [0.2, 0.25) is 0 Å². The van der Waals surface area contributed by atoms with E-state index in [0.29, 0.717) is 0 Å². The van der Waals surface area contributed by atoms with Gasteiger partial charge >= 0.3 is 17.9 Å². The van der Waals surface area contributed by atoms with E-state index in [0.717, 1.165) is 44.6 Å². The molecule has 154 valence electrons. The standard InChI is InChI=1S/C10H18O4.C4H6O2.C3H8O3/c11-9(12)7-5-3-1-2-4-6-8-10(13)14;1-3-4(5)6-2;4-1-3(6)2-5/h1-8H2,(H,11,12)(H,13,14);3H,1H2,2H3;3-6H,1-2H2. The zero-order valence-corrected chi connectivity index (χ0v) is 15.3. The fourth-order valence-electron chi connectivity index (χ4n) is 1.40. The first kappa shape index (κ1) is 28.8. The molecule has 0 aromatic heterocycles. The van der Waals surface area contributed by atoms with Crippen LogP contribution < -0.4 is 0 Å². The zero-order valence-electron chi connectivity index (χ0n) is 15.3. The number of carboxylic acid groups (broad SMARTS) is 2. The maximum absolute atomic E-state index is 10.1. The van der Waals surface area contributed by atoms with E-state index < -0.39 is 24.0 Å². The monoisotopic (exact) mass is 380 g/mol. The number of aliphatic carboxylic acids is 2. The van der Waals surface area contributed by atoms with Gasteiger partial charge in [0.15, 0.2) is 0 Å². The van der Waals surface area contributed by atoms with Gasteiger partial charge in [0.05, 0.1) is 20.3 Å². The Kier molecular flexibility index (Phi) is 25.5. The molecule has 0 rings (SSSR count). The summed E-state index contributed by atoms with van der Waals surface area (Å²) in [6.45, 7) is 2.43. The molecule has 5 N–H and O–H groups in total. The van der Waals surface area contributed by atoms with Crippen LogP contribution in [0.3, 0.4) is 0 Å². The highest BCUT2D eigenvalue weighted by Crippen LogP contribution is 2.08. The number of unbranched alkanes of at least 4 members (excludes halogenated alkanes) is 5. The molecule has 9 heteroatoms. The van der Waals surface area contributed by atoms with Crippen molar-refractivity contribution < 1.29 is 44.7 Å². The third kappa shape index (κ3) is 33.6. The van der Waals surface area contributed by atoms with Crippen molar-refractivity contribution in [1.82, 2.24) is 0 Å². The van der Waals surface area contributed by atoms with Gasteiger partial charge < -0.3 is 30.3 Å². The highest BCUT2D eigenvalue weighted by molar-refractivity contribution is 5.80.